The van der Waals surface area contributed by atoms with Crippen LogP contribution in [0, 0.1) is 0 Å². The molecule has 0 unspecified atom stereocenters. The van der Waals surface area contributed by atoms with Crippen molar-refractivity contribution in [2.24, 2.45) is 0 Å². The van der Waals surface area contributed by atoms with Crippen LogP contribution < -0.4 is 15.4 Å². The number of likely N-dealkylation sites (N-methyl/N-ethyl adjacent to an activating group) is 1. The minimum absolute atomic E-state index is 0.192. The lowest BCUT2D eigenvalue weighted by atomic mass is 10.5. The summed E-state index contributed by atoms with van der Waals surface area (Å²) < 4.78 is 24.9. The van der Waals surface area contributed by atoms with Gasteiger partial charge in [0.25, 0.3) is 0 Å². The topological polar surface area (TPSA) is 70.2 Å². The van der Waals surface area contributed by atoms with Crippen LogP contribution in [0.1, 0.15) is 6.42 Å². The smallest absolute Gasteiger partial charge is 0.211 e. The Morgan fingerprint density at radius 2 is 1.62 bits per heavy atom. The van der Waals surface area contributed by atoms with Crippen molar-refractivity contribution in [2.75, 3.05) is 39.5 Å². The fourth-order valence-corrected chi connectivity index (χ4v) is 1.92. The van der Waals surface area contributed by atoms with Crippen LogP contribution >= 0.6 is 0 Å². The lowest BCUT2D eigenvalue weighted by Gasteiger charge is -2.05. The molecule has 0 aromatic rings. The number of hydrogen-bond donors (Lipinski definition) is 3. The fourth-order valence-electron chi connectivity index (χ4n) is 0.843. The molecule has 3 N–H and O–H groups in total. The SMILES string of the molecule is CNCCCS(=O)(=O)NCCNC. The zero-order valence-corrected chi connectivity index (χ0v) is 9.08. The van der Waals surface area contributed by atoms with Crippen LogP contribution in [0.5, 0.6) is 0 Å². The van der Waals surface area contributed by atoms with E-state index in [1.54, 1.807) is 14.1 Å². The molecule has 0 amide bonds. The molecule has 13 heavy (non-hydrogen) atoms. The van der Waals surface area contributed by atoms with Crippen LogP contribution in [0.3, 0.4) is 0 Å². The average Bonchev–Trinajstić information content (AvgIpc) is 2.05. The molecular formula is C7H19N3O2S. The summed E-state index contributed by atoms with van der Waals surface area (Å²) in [7, 11) is 0.538. The van der Waals surface area contributed by atoms with Gasteiger partial charge in [-0.05, 0) is 27.1 Å². The molecule has 0 aromatic heterocycles. The maximum atomic E-state index is 11.2. The summed E-state index contributed by atoms with van der Waals surface area (Å²) in [6, 6.07) is 0. The van der Waals surface area contributed by atoms with Gasteiger partial charge in [-0.3, -0.25) is 0 Å². The lowest BCUT2D eigenvalue weighted by molar-refractivity contribution is 0.575. The van der Waals surface area contributed by atoms with Crippen LogP contribution in [0.4, 0.5) is 0 Å². The summed E-state index contributed by atoms with van der Waals surface area (Å²) in [4.78, 5) is 0. The Kier molecular flexibility index (Phi) is 7.16. The molecule has 0 heterocycles. The van der Waals surface area contributed by atoms with Gasteiger partial charge < -0.3 is 10.6 Å². The number of nitrogens with one attached hydrogen (secondary N) is 3. The molecule has 0 bridgehead atoms. The van der Waals surface area contributed by atoms with Gasteiger partial charge in [-0.15, -0.1) is 0 Å². The third kappa shape index (κ3) is 8.17. The Hall–Kier alpha value is -0.170. The van der Waals surface area contributed by atoms with E-state index < -0.39 is 10.0 Å². The van der Waals surface area contributed by atoms with Gasteiger partial charge in [0, 0.05) is 13.1 Å². The number of sulfonamides is 1. The molecule has 0 atom stereocenters. The van der Waals surface area contributed by atoms with Crippen LogP contribution in [0.15, 0.2) is 0 Å². The highest BCUT2D eigenvalue weighted by Crippen LogP contribution is 1.87. The molecule has 0 saturated carbocycles. The summed E-state index contributed by atoms with van der Waals surface area (Å²) in [6.45, 7) is 1.84. The second-order valence-electron chi connectivity index (χ2n) is 2.77. The van der Waals surface area contributed by atoms with Crippen molar-refractivity contribution in [2.45, 2.75) is 6.42 Å². The molecule has 6 heteroatoms. The Bertz CT molecular complexity index is 188. The Balaban J connectivity index is 3.55. The molecule has 0 saturated heterocycles. The molecule has 0 aliphatic carbocycles. The van der Waals surface area contributed by atoms with Crippen molar-refractivity contribution in [1.82, 2.24) is 15.4 Å². The summed E-state index contributed by atoms with van der Waals surface area (Å²) in [5.41, 5.74) is 0. The highest BCUT2D eigenvalue weighted by atomic mass is 32.2. The van der Waals surface area contributed by atoms with E-state index in [-0.39, 0.29) is 5.75 Å². The number of rotatable bonds is 8. The summed E-state index contributed by atoms with van der Waals surface area (Å²) in [6.07, 6.45) is 0.644. The van der Waals surface area contributed by atoms with Crippen LogP contribution in [0.25, 0.3) is 0 Å². The normalized spacial score (nSPS) is 11.8. The van der Waals surface area contributed by atoms with E-state index in [4.69, 9.17) is 0 Å². The van der Waals surface area contributed by atoms with Crippen molar-refractivity contribution in [3.8, 4) is 0 Å². The zero-order chi connectivity index (χ0) is 10.2. The third-order valence-corrected chi connectivity index (χ3v) is 3.01. The lowest BCUT2D eigenvalue weighted by Crippen LogP contribution is -2.32. The standard InChI is InChI=1S/C7H19N3O2S/c1-8-4-3-7-13(11,12)10-6-5-9-2/h8-10H,3-7H2,1-2H3. The van der Waals surface area contributed by atoms with E-state index in [1.807, 2.05) is 0 Å². The molecule has 0 aliphatic heterocycles. The Morgan fingerprint density at radius 3 is 2.15 bits per heavy atom. The van der Waals surface area contributed by atoms with Crippen LogP contribution in [-0.2, 0) is 10.0 Å². The first-order valence-electron chi connectivity index (χ1n) is 4.39. The van der Waals surface area contributed by atoms with Gasteiger partial charge >= 0.3 is 0 Å². The first kappa shape index (κ1) is 12.8. The highest BCUT2D eigenvalue weighted by Gasteiger charge is 2.07. The molecule has 80 valence electrons. The van der Waals surface area contributed by atoms with Crippen molar-refractivity contribution < 1.29 is 8.42 Å². The van der Waals surface area contributed by atoms with E-state index >= 15 is 0 Å². The summed E-state index contributed by atoms with van der Waals surface area (Å²) in [5, 5.41) is 5.77. The molecule has 0 spiro atoms. The Labute approximate surface area is 80.3 Å². The molecule has 0 aromatic carbocycles. The van der Waals surface area contributed by atoms with Crippen LogP contribution in [-0.4, -0.2) is 47.9 Å². The maximum absolute atomic E-state index is 11.2. The first-order chi connectivity index (χ1) is 6.12. The predicted octanol–water partition coefficient (Wildman–Crippen LogP) is -1.27. The molecule has 0 radical (unpaired) electrons. The first-order valence-corrected chi connectivity index (χ1v) is 6.04. The van der Waals surface area contributed by atoms with E-state index in [2.05, 4.69) is 15.4 Å². The van der Waals surface area contributed by atoms with E-state index in [1.165, 1.54) is 0 Å². The van der Waals surface area contributed by atoms with Gasteiger partial charge in [0.15, 0.2) is 0 Å². The second-order valence-corrected chi connectivity index (χ2v) is 4.70. The quantitative estimate of drug-likeness (QED) is 0.436. The molecule has 0 rings (SSSR count). The van der Waals surface area contributed by atoms with Crippen molar-refractivity contribution in [1.29, 1.82) is 0 Å². The third-order valence-electron chi connectivity index (χ3n) is 1.54. The minimum atomic E-state index is -3.06. The molecular weight excluding hydrogens is 190 g/mol. The van der Waals surface area contributed by atoms with Gasteiger partial charge in [-0.2, -0.15) is 0 Å². The number of hydrogen-bond acceptors (Lipinski definition) is 4. The van der Waals surface area contributed by atoms with Gasteiger partial charge in [-0.25, -0.2) is 13.1 Å². The molecule has 5 nitrogen and oxygen atoms in total. The fraction of sp³-hybridized carbons (Fsp3) is 1.00. The van der Waals surface area contributed by atoms with Gasteiger partial charge in [-0.1, -0.05) is 0 Å². The summed E-state index contributed by atoms with van der Waals surface area (Å²) >= 11 is 0. The highest BCUT2D eigenvalue weighted by molar-refractivity contribution is 7.89. The van der Waals surface area contributed by atoms with E-state index in [0.717, 1.165) is 6.54 Å². The van der Waals surface area contributed by atoms with Crippen molar-refractivity contribution >= 4 is 10.0 Å². The van der Waals surface area contributed by atoms with Gasteiger partial charge in [0.2, 0.25) is 10.0 Å². The van der Waals surface area contributed by atoms with Gasteiger partial charge in [0.05, 0.1) is 5.75 Å². The minimum Gasteiger partial charge on any atom is -0.320 e. The zero-order valence-electron chi connectivity index (χ0n) is 8.26. The van der Waals surface area contributed by atoms with E-state index in [9.17, 15) is 8.42 Å². The molecule has 0 fully saturated rings. The second kappa shape index (κ2) is 7.25. The van der Waals surface area contributed by atoms with Crippen molar-refractivity contribution in [3.63, 3.8) is 0 Å². The van der Waals surface area contributed by atoms with Crippen LogP contribution in [0.2, 0.25) is 0 Å². The summed E-state index contributed by atoms with van der Waals surface area (Å²) in [5.74, 6) is 0.192. The van der Waals surface area contributed by atoms with Crippen molar-refractivity contribution in [3.05, 3.63) is 0 Å². The average molecular weight is 209 g/mol. The monoisotopic (exact) mass is 209 g/mol. The largest absolute Gasteiger partial charge is 0.320 e. The maximum Gasteiger partial charge on any atom is 0.211 e. The van der Waals surface area contributed by atoms with Gasteiger partial charge in [0.1, 0.15) is 0 Å². The predicted molar refractivity (Wildman–Crippen MR) is 54.3 cm³/mol. The van der Waals surface area contributed by atoms with E-state index in [0.29, 0.717) is 19.5 Å². The molecule has 0 aliphatic rings. The Morgan fingerprint density at radius 1 is 1.00 bits per heavy atom.